The first-order chi connectivity index (χ1) is 40.7. The molecule has 6 heterocycles. The van der Waals surface area contributed by atoms with Gasteiger partial charge in [-0.15, -0.1) is 0 Å². The molecule has 15 nitrogen and oxygen atoms in total. The molecular formula is C70H115Cl3N6O9. The lowest BCUT2D eigenvalue weighted by Gasteiger charge is -2.37. The van der Waals surface area contributed by atoms with Gasteiger partial charge in [0.1, 0.15) is 0 Å². The van der Waals surface area contributed by atoms with E-state index in [4.69, 9.17) is 57.6 Å². The van der Waals surface area contributed by atoms with Crippen LogP contribution in [0.15, 0.2) is 73.6 Å². The molecule has 0 radical (unpaired) electrons. The molecule has 0 bridgehead atoms. The molecule has 0 spiro atoms. The van der Waals surface area contributed by atoms with Crippen LogP contribution in [0.5, 0.6) is 0 Å². The lowest BCUT2D eigenvalue weighted by Crippen LogP contribution is -3.00. The molecule has 5 unspecified atom stereocenters. The average molecular weight is 1290 g/mol. The third kappa shape index (κ3) is 24.5. The molecule has 3 aromatic rings. The van der Waals surface area contributed by atoms with Crippen molar-refractivity contribution in [1.82, 2.24) is 28.4 Å². The number of fused-ring (bicyclic) bond motifs is 3. The average Bonchev–Trinajstić information content (AvgIpc) is 2.33. The van der Waals surface area contributed by atoms with Crippen molar-refractivity contribution in [2.24, 2.45) is 5.41 Å². The minimum atomic E-state index is -0.820. The summed E-state index contributed by atoms with van der Waals surface area (Å²) in [5.41, 5.74) is 12.1. The highest BCUT2D eigenvalue weighted by atomic mass is 35.5. The van der Waals surface area contributed by atoms with Gasteiger partial charge in [-0.2, -0.15) is 0 Å². The van der Waals surface area contributed by atoms with Crippen molar-refractivity contribution in [1.29, 1.82) is 0 Å². The summed E-state index contributed by atoms with van der Waals surface area (Å²) in [6.07, 6.45) is 32.4. The Morgan fingerprint density at radius 3 is 1.11 bits per heavy atom. The molecule has 3 aliphatic heterocycles. The summed E-state index contributed by atoms with van der Waals surface area (Å²) in [5, 5.41) is 0. The number of halogens is 3. The minimum absolute atomic E-state index is 0. The van der Waals surface area contributed by atoms with E-state index in [9.17, 15) is 0 Å². The lowest BCUT2D eigenvalue weighted by atomic mass is 9.93. The summed E-state index contributed by atoms with van der Waals surface area (Å²) in [6, 6.07) is 0. The predicted octanol–water partition coefficient (Wildman–Crippen LogP) is 7.25. The molecule has 18 heteroatoms. The first-order valence-corrected chi connectivity index (χ1v) is 32.7. The topological polar surface area (TPSA) is 122 Å². The molecule has 0 amide bonds. The molecule has 3 aromatic heterocycles. The number of quaternary nitrogens is 3. The van der Waals surface area contributed by atoms with Gasteiger partial charge in [-0.1, -0.05) is 103 Å². The van der Waals surface area contributed by atoms with Gasteiger partial charge in [0, 0.05) is 40.7 Å². The normalized spacial score (nSPS) is 19.4. The van der Waals surface area contributed by atoms with E-state index < -0.39 is 36.9 Å². The van der Waals surface area contributed by atoms with Crippen LogP contribution in [0.4, 0.5) is 17.1 Å². The summed E-state index contributed by atoms with van der Waals surface area (Å²) >= 11 is 0. The Balaban J connectivity index is 0.00000675. The molecule has 0 saturated heterocycles. The third-order valence-corrected chi connectivity index (χ3v) is 17.9. The molecule has 3 aliphatic rings. The van der Waals surface area contributed by atoms with Crippen LogP contribution in [0.3, 0.4) is 0 Å². The van der Waals surface area contributed by atoms with Crippen LogP contribution in [0.25, 0.3) is 0 Å². The van der Waals surface area contributed by atoms with Crippen LogP contribution in [-0.2, 0) is 62.5 Å². The maximum atomic E-state index is 7.22. The van der Waals surface area contributed by atoms with E-state index in [2.05, 4.69) is 89.7 Å². The molecule has 0 fully saturated rings. The predicted molar refractivity (Wildman–Crippen MR) is 345 cm³/mol. The number of pyridine rings is 3. The quantitative estimate of drug-likeness (QED) is 0.0325. The van der Waals surface area contributed by atoms with Gasteiger partial charge in [0.2, 0.25) is 0 Å². The Labute approximate surface area is 551 Å². The number of hydrogen-bond donors (Lipinski definition) is 0. The summed E-state index contributed by atoms with van der Waals surface area (Å²) < 4.78 is 62.3. The lowest BCUT2D eigenvalue weighted by molar-refractivity contribution is -0.270. The summed E-state index contributed by atoms with van der Waals surface area (Å²) in [4.78, 5) is 14.4. The van der Waals surface area contributed by atoms with Gasteiger partial charge in [-0.05, 0) is 110 Å². The van der Waals surface area contributed by atoms with E-state index in [0.29, 0.717) is 33.3 Å². The summed E-state index contributed by atoms with van der Waals surface area (Å²) in [5.74, 6) is 0. The SMILES string of the molecule is C=C(CC)CCCCCCC[N+](C)(C)c1cncc2c1C(OCC(C)(COC1OC(C)OCc3cncc([N+](C)(C)CCCCCCCC(=C)CC)c31)COC1OC(C)OCc3cncc([N+](C)(C)CCCCCCCC(=C)CC)c31)OCOC2.[Cl-].[Cl-].[Cl-]. The number of aromatic nitrogens is 3. The highest BCUT2D eigenvalue weighted by Crippen LogP contribution is 2.43. The number of hydrogen-bond acceptors (Lipinski definition) is 12. The smallest absolute Gasteiger partial charge is 0.193 e. The van der Waals surface area contributed by atoms with Crippen LogP contribution in [0, 0.1) is 5.41 Å². The van der Waals surface area contributed by atoms with Crippen molar-refractivity contribution >= 4 is 17.1 Å². The Kier molecular flexibility index (Phi) is 35.7. The number of nitrogens with zero attached hydrogens (tertiary/aromatic N) is 6. The second-order valence-electron chi connectivity index (χ2n) is 26.7. The van der Waals surface area contributed by atoms with Crippen molar-refractivity contribution < 1.29 is 79.9 Å². The van der Waals surface area contributed by atoms with E-state index in [1.165, 1.54) is 74.5 Å². The monoisotopic (exact) mass is 1290 g/mol. The fourth-order valence-electron chi connectivity index (χ4n) is 11.9. The zero-order valence-electron chi connectivity index (χ0n) is 56.4. The van der Waals surface area contributed by atoms with Gasteiger partial charge in [0.25, 0.3) is 0 Å². The second-order valence-corrected chi connectivity index (χ2v) is 26.7. The largest absolute Gasteiger partial charge is 1.00 e. The van der Waals surface area contributed by atoms with Crippen LogP contribution in [0.1, 0.15) is 229 Å². The van der Waals surface area contributed by atoms with Gasteiger partial charge in [-0.25, -0.2) is 0 Å². The summed E-state index contributed by atoms with van der Waals surface area (Å²) in [6.45, 7) is 29.7. The van der Waals surface area contributed by atoms with E-state index >= 15 is 0 Å². The zero-order valence-corrected chi connectivity index (χ0v) is 58.7. The van der Waals surface area contributed by atoms with E-state index in [0.717, 1.165) is 147 Å². The van der Waals surface area contributed by atoms with Crippen LogP contribution < -0.4 is 50.7 Å². The zero-order chi connectivity index (χ0) is 61.5. The standard InChI is InChI=1S/C70H115N6O9.3ClH/c1-16-53(4)34-28-22-19-25-31-37-74(10,11)61-43-71-40-58-46-77-52-83-67(64(58)61)80-49-70(9,50-81-68-65-59(47-78-56(7)84-68)41-72-44-62(65)75(12,13)38-32-26-20-23-29-35-54(5)17-2)51-82-69-66-60(48-79-57(8)85-69)42-73-45-63(66)76(14,15)39-33-27-21-24-30-36-55(6)18-3;;;/h40-45,56-57,67-69H,4-6,16-39,46-52H2,1-3,7-15H3;3*1H/q+3;;;/p-3. The van der Waals surface area contributed by atoms with E-state index in [-0.39, 0.29) is 63.8 Å². The van der Waals surface area contributed by atoms with Crippen molar-refractivity contribution in [2.45, 2.75) is 228 Å². The Morgan fingerprint density at radius 2 is 0.761 bits per heavy atom. The van der Waals surface area contributed by atoms with Crippen molar-refractivity contribution in [3.05, 3.63) is 107 Å². The Hall–Kier alpha value is -2.94. The molecule has 0 saturated carbocycles. The van der Waals surface area contributed by atoms with Gasteiger partial charge in [0.05, 0.1) is 137 Å². The highest BCUT2D eigenvalue weighted by Gasteiger charge is 2.41. The van der Waals surface area contributed by atoms with Crippen LogP contribution >= 0.6 is 0 Å². The van der Waals surface area contributed by atoms with Gasteiger partial charge in [-0.3, -0.25) is 28.4 Å². The number of allylic oxidation sites excluding steroid dienone is 3. The van der Waals surface area contributed by atoms with E-state index in [1.54, 1.807) is 0 Å². The maximum absolute atomic E-state index is 7.22. The molecule has 5 atom stereocenters. The molecule has 0 N–H and O–H groups in total. The first kappa shape index (κ1) is 79.3. The van der Waals surface area contributed by atoms with Crippen molar-refractivity contribution in [2.75, 3.05) is 88.5 Å². The van der Waals surface area contributed by atoms with Crippen molar-refractivity contribution in [3.63, 3.8) is 0 Å². The van der Waals surface area contributed by atoms with E-state index in [1.807, 2.05) is 51.0 Å². The Morgan fingerprint density at radius 1 is 0.455 bits per heavy atom. The molecule has 0 aromatic carbocycles. The van der Waals surface area contributed by atoms with Crippen LogP contribution in [0.2, 0.25) is 0 Å². The third-order valence-electron chi connectivity index (χ3n) is 17.9. The van der Waals surface area contributed by atoms with Gasteiger partial charge in [0.15, 0.2) is 55.3 Å². The first-order valence-electron chi connectivity index (χ1n) is 32.7. The number of ether oxygens (including phenoxy) is 9. The molecule has 88 heavy (non-hydrogen) atoms. The molecule has 0 aliphatic carbocycles. The van der Waals surface area contributed by atoms with Gasteiger partial charge < -0.3 is 79.9 Å². The summed E-state index contributed by atoms with van der Waals surface area (Å²) in [7, 11) is 13.6. The molecule has 500 valence electrons. The number of rotatable bonds is 39. The Bertz CT molecular complexity index is 2440. The minimum Gasteiger partial charge on any atom is -1.00 e. The molecule has 6 rings (SSSR count). The highest BCUT2D eigenvalue weighted by molar-refractivity contribution is 5.54. The fraction of sp³-hybridized carbons (Fsp3) is 0.700. The second kappa shape index (κ2) is 39.6. The maximum Gasteiger partial charge on any atom is 0.193 e. The fourth-order valence-corrected chi connectivity index (χ4v) is 11.9. The van der Waals surface area contributed by atoms with Crippen molar-refractivity contribution in [3.8, 4) is 0 Å². The molecular weight excluding hydrogens is 1180 g/mol. The van der Waals surface area contributed by atoms with Crippen LogP contribution in [-0.4, -0.2) is 116 Å². The van der Waals surface area contributed by atoms with Gasteiger partial charge >= 0.3 is 0 Å². The number of unbranched alkanes of at least 4 members (excludes halogenated alkanes) is 12.